The minimum atomic E-state index is 0.426. The van der Waals surface area contributed by atoms with Crippen molar-refractivity contribution in [1.82, 2.24) is 9.78 Å². The van der Waals surface area contributed by atoms with Crippen molar-refractivity contribution in [1.29, 1.82) is 0 Å². The number of aromatic nitrogens is 2. The molecule has 0 spiro atoms. The summed E-state index contributed by atoms with van der Waals surface area (Å²) in [6.07, 6.45) is 2.09. The van der Waals surface area contributed by atoms with Gasteiger partial charge in [-0.15, -0.1) is 0 Å². The predicted molar refractivity (Wildman–Crippen MR) is 68.9 cm³/mol. The molecule has 2 rings (SSSR count). The second-order valence-electron chi connectivity index (χ2n) is 4.54. The summed E-state index contributed by atoms with van der Waals surface area (Å²) in [5.74, 6) is 0. The summed E-state index contributed by atoms with van der Waals surface area (Å²) in [7, 11) is 0. The van der Waals surface area contributed by atoms with Gasteiger partial charge >= 0.3 is 0 Å². The smallest absolute Gasteiger partial charge is 0.0700 e. The molecule has 0 aliphatic rings. The lowest BCUT2D eigenvalue weighted by Gasteiger charge is -2.06. The Hall–Kier alpha value is -1.31. The summed E-state index contributed by atoms with van der Waals surface area (Å²) in [4.78, 5) is 0. The molecule has 0 bridgehead atoms. The minimum absolute atomic E-state index is 0.426. The van der Waals surface area contributed by atoms with Gasteiger partial charge in [0.15, 0.2) is 0 Å². The van der Waals surface area contributed by atoms with Crippen LogP contribution in [0.3, 0.4) is 0 Å². The van der Waals surface area contributed by atoms with Gasteiger partial charge in [-0.05, 0) is 44.4 Å². The fourth-order valence-electron chi connectivity index (χ4n) is 2.13. The van der Waals surface area contributed by atoms with Crippen LogP contribution >= 0.6 is 0 Å². The topological polar surface area (TPSA) is 17.8 Å². The third-order valence-corrected chi connectivity index (χ3v) is 3.08. The molecule has 2 heteroatoms. The highest BCUT2D eigenvalue weighted by atomic mass is 15.3. The first-order valence-electron chi connectivity index (χ1n) is 6.17. The SMILES string of the molecule is CCc1ccc2c(c1)c(CC)nn2C(C)C. The van der Waals surface area contributed by atoms with E-state index in [9.17, 15) is 0 Å². The van der Waals surface area contributed by atoms with E-state index < -0.39 is 0 Å². The first-order valence-corrected chi connectivity index (χ1v) is 6.17. The van der Waals surface area contributed by atoms with Crippen molar-refractivity contribution >= 4 is 10.9 Å². The van der Waals surface area contributed by atoms with Gasteiger partial charge in [0, 0.05) is 11.4 Å². The molecule has 0 radical (unpaired) electrons. The highest BCUT2D eigenvalue weighted by molar-refractivity contribution is 5.83. The Kier molecular flexibility index (Phi) is 2.99. The maximum atomic E-state index is 4.70. The van der Waals surface area contributed by atoms with Gasteiger partial charge in [-0.3, -0.25) is 4.68 Å². The van der Waals surface area contributed by atoms with Gasteiger partial charge in [0.25, 0.3) is 0 Å². The van der Waals surface area contributed by atoms with Crippen molar-refractivity contribution in [3.8, 4) is 0 Å². The molecule has 16 heavy (non-hydrogen) atoms. The number of rotatable bonds is 3. The van der Waals surface area contributed by atoms with E-state index in [2.05, 4.69) is 50.6 Å². The average molecular weight is 216 g/mol. The lowest BCUT2D eigenvalue weighted by Crippen LogP contribution is -2.02. The third-order valence-electron chi connectivity index (χ3n) is 3.08. The van der Waals surface area contributed by atoms with Gasteiger partial charge in [0.2, 0.25) is 0 Å². The maximum Gasteiger partial charge on any atom is 0.0700 e. The van der Waals surface area contributed by atoms with Crippen molar-refractivity contribution < 1.29 is 0 Å². The van der Waals surface area contributed by atoms with Crippen LogP contribution in [0.1, 0.15) is 45.0 Å². The Bertz CT molecular complexity index is 495. The number of hydrogen-bond acceptors (Lipinski definition) is 1. The van der Waals surface area contributed by atoms with Crippen molar-refractivity contribution in [3.63, 3.8) is 0 Å². The number of benzene rings is 1. The summed E-state index contributed by atoms with van der Waals surface area (Å²) in [5.41, 5.74) is 3.88. The van der Waals surface area contributed by atoms with Crippen molar-refractivity contribution in [2.75, 3.05) is 0 Å². The quantitative estimate of drug-likeness (QED) is 0.764. The van der Waals surface area contributed by atoms with Gasteiger partial charge in [-0.2, -0.15) is 5.10 Å². The fourth-order valence-corrected chi connectivity index (χ4v) is 2.13. The molecule has 0 unspecified atom stereocenters. The van der Waals surface area contributed by atoms with E-state index in [0.29, 0.717) is 6.04 Å². The summed E-state index contributed by atoms with van der Waals surface area (Å²) in [5, 5.41) is 6.03. The Labute approximate surface area is 97.3 Å². The number of aryl methyl sites for hydroxylation is 2. The van der Waals surface area contributed by atoms with E-state index in [0.717, 1.165) is 12.8 Å². The molecular weight excluding hydrogens is 196 g/mol. The zero-order valence-corrected chi connectivity index (χ0v) is 10.6. The monoisotopic (exact) mass is 216 g/mol. The van der Waals surface area contributed by atoms with Gasteiger partial charge in [0.1, 0.15) is 0 Å². The average Bonchev–Trinajstić information content (AvgIpc) is 2.66. The van der Waals surface area contributed by atoms with E-state index in [1.807, 2.05) is 0 Å². The summed E-state index contributed by atoms with van der Waals surface area (Å²) in [6, 6.07) is 7.14. The van der Waals surface area contributed by atoms with Gasteiger partial charge in [-0.1, -0.05) is 19.9 Å². The van der Waals surface area contributed by atoms with Crippen LogP contribution < -0.4 is 0 Å². The Morgan fingerprint density at radius 1 is 1.19 bits per heavy atom. The number of nitrogens with zero attached hydrogens (tertiary/aromatic N) is 2. The Balaban J connectivity index is 2.69. The third kappa shape index (κ3) is 1.73. The second kappa shape index (κ2) is 4.28. The predicted octanol–water partition coefficient (Wildman–Crippen LogP) is 3.74. The minimum Gasteiger partial charge on any atom is -0.262 e. The van der Waals surface area contributed by atoms with Crippen molar-refractivity contribution in [2.24, 2.45) is 0 Å². The molecule has 0 saturated carbocycles. The van der Waals surface area contributed by atoms with Gasteiger partial charge in [-0.25, -0.2) is 0 Å². The molecule has 0 aliphatic heterocycles. The van der Waals surface area contributed by atoms with Crippen LogP contribution in [0, 0.1) is 0 Å². The van der Waals surface area contributed by atoms with Crippen LogP contribution in [0.5, 0.6) is 0 Å². The van der Waals surface area contributed by atoms with E-state index >= 15 is 0 Å². The molecular formula is C14H20N2. The summed E-state index contributed by atoms with van der Waals surface area (Å²) < 4.78 is 2.13. The van der Waals surface area contributed by atoms with E-state index in [-0.39, 0.29) is 0 Å². The lowest BCUT2D eigenvalue weighted by molar-refractivity contribution is 0.544. The van der Waals surface area contributed by atoms with Crippen molar-refractivity contribution in [3.05, 3.63) is 29.5 Å². The first-order chi connectivity index (χ1) is 7.67. The Morgan fingerprint density at radius 2 is 1.94 bits per heavy atom. The molecule has 2 nitrogen and oxygen atoms in total. The molecule has 86 valence electrons. The van der Waals surface area contributed by atoms with Gasteiger partial charge < -0.3 is 0 Å². The van der Waals surface area contributed by atoms with Crippen LogP contribution in [-0.4, -0.2) is 9.78 Å². The normalized spacial score (nSPS) is 11.6. The van der Waals surface area contributed by atoms with E-state index in [1.165, 1.54) is 22.2 Å². The van der Waals surface area contributed by atoms with Crippen LogP contribution in [0.4, 0.5) is 0 Å². The largest absolute Gasteiger partial charge is 0.262 e. The Morgan fingerprint density at radius 3 is 2.50 bits per heavy atom. The molecule has 1 aromatic heterocycles. The molecule has 0 fully saturated rings. The van der Waals surface area contributed by atoms with Gasteiger partial charge in [0.05, 0.1) is 11.2 Å². The van der Waals surface area contributed by atoms with Crippen molar-refractivity contribution in [2.45, 2.75) is 46.6 Å². The summed E-state index contributed by atoms with van der Waals surface area (Å²) in [6.45, 7) is 8.73. The molecule has 0 aliphatic carbocycles. The molecule has 0 atom stereocenters. The molecule has 1 aromatic carbocycles. The zero-order valence-electron chi connectivity index (χ0n) is 10.6. The highest BCUT2D eigenvalue weighted by Crippen LogP contribution is 2.23. The van der Waals surface area contributed by atoms with Crippen LogP contribution in [0.15, 0.2) is 18.2 Å². The fraction of sp³-hybridized carbons (Fsp3) is 0.500. The van der Waals surface area contributed by atoms with Crippen LogP contribution in [0.2, 0.25) is 0 Å². The molecule has 0 saturated heterocycles. The maximum absolute atomic E-state index is 4.70. The second-order valence-corrected chi connectivity index (χ2v) is 4.54. The molecule has 0 amide bonds. The summed E-state index contributed by atoms with van der Waals surface area (Å²) >= 11 is 0. The number of fused-ring (bicyclic) bond motifs is 1. The number of hydrogen-bond donors (Lipinski definition) is 0. The van der Waals surface area contributed by atoms with Crippen LogP contribution in [-0.2, 0) is 12.8 Å². The molecule has 1 heterocycles. The van der Waals surface area contributed by atoms with E-state index in [4.69, 9.17) is 5.10 Å². The highest BCUT2D eigenvalue weighted by Gasteiger charge is 2.11. The first kappa shape index (κ1) is 11.2. The zero-order chi connectivity index (χ0) is 11.7. The standard InChI is InChI=1S/C14H20N2/c1-5-11-7-8-14-12(9-11)13(6-2)15-16(14)10(3)4/h7-10H,5-6H2,1-4H3. The van der Waals surface area contributed by atoms with E-state index in [1.54, 1.807) is 0 Å². The molecule has 0 N–H and O–H groups in total. The van der Waals surface area contributed by atoms with Crippen LogP contribution in [0.25, 0.3) is 10.9 Å². The lowest BCUT2D eigenvalue weighted by atomic mass is 10.1. The molecule has 2 aromatic rings.